The van der Waals surface area contributed by atoms with E-state index in [1.54, 1.807) is 23.5 Å². The van der Waals surface area contributed by atoms with E-state index in [4.69, 9.17) is 0 Å². The number of thiophene rings is 1. The number of aromatic nitrogens is 1. The molecule has 3 aromatic carbocycles. The zero-order chi connectivity index (χ0) is 22.7. The molecule has 162 valence electrons. The molecule has 0 saturated carbocycles. The molecular weight excluding hydrogens is 446 g/mol. The number of nitrogens with zero attached hydrogens (tertiary/aromatic N) is 1. The normalized spacial score (nSPS) is 12.2. The minimum Gasteiger partial charge on any atom is -0.308 e. The van der Waals surface area contributed by atoms with Gasteiger partial charge in [-0.25, -0.2) is 8.42 Å². The maximum absolute atomic E-state index is 14.2. The Morgan fingerprint density at radius 3 is 2.03 bits per heavy atom. The molecule has 6 rings (SSSR count). The molecule has 33 heavy (non-hydrogen) atoms. The lowest BCUT2D eigenvalue weighted by Gasteiger charge is -2.17. The number of sulfone groups is 1. The first kappa shape index (κ1) is 20.2. The molecule has 0 bridgehead atoms. The molecule has 0 atom stereocenters. The Morgan fingerprint density at radius 1 is 0.727 bits per heavy atom. The molecule has 0 amide bonds. The number of hydrogen-bond acceptors (Lipinski definition) is 3. The SMILES string of the molecule is Cc1ccc(S(=O)(=O)c2c(-c3cccs3)c3c(C)c4ccccc4n3c3ccccc23)cc1. The van der Waals surface area contributed by atoms with Gasteiger partial charge in [-0.1, -0.05) is 60.2 Å². The zero-order valence-corrected chi connectivity index (χ0v) is 19.9. The van der Waals surface area contributed by atoms with E-state index in [2.05, 4.69) is 23.5 Å². The predicted octanol–water partition coefficient (Wildman–Crippen LogP) is 7.42. The van der Waals surface area contributed by atoms with Crippen molar-refractivity contribution in [2.24, 2.45) is 0 Å². The van der Waals surface area contributed by atoms with Gasteiger partial charge in [-0.05, 0) is 55.1 Å². The maximum Gasteiger partial charge on any atom is 0.207 e. The van der Waals surface area contributed by atoms with Crippen molar-refractivity contribution < 1.29 is 8.42 Å². The number of benzene rings is 3. The number of fused-ring (bicyclic) bond motifs is 5. The monoisotopic (exact) mass is 467 g/mol. The molecule has 0 spiro atoms. The summed E-state index contributed by atoms with van der Waals surface area (Å²) < 4.78 is 30.7. The van der Waals surface area contributed by atoms with Crippen LogP contribution in [0, 0.1) is 13.8 Å². The van der Waals surface area contributed by atoms with Gasteiger partial charge in [0, 0.05) is 21.2 Å². The van der Waals surface area contributed by atoms with Crippen LogP contribution in [-0.4, -0.2) is 12.8 Å². The predicted molar refractivity (Wildman–Crippen MR) is 137 cm³/mol. The number of hydrogen-bond donors (Lipinski definition) is 0. The fourth-order valence-electron chi connectivity index (χ4n) is 4.82. The number of aryl methyl sites for hydroxylation is 2. The van der Waals surface area contributed by atoms with E-state index >= 15 is 0 Å². The van der Waals surface area contributed by atoms with Gasteiger partial charge in [0.25, 0.3) is 0 Å². The first-order chi connectivity index (χ1) is 16.0. The van der Waals surface area contributed by atoms with Crippen LogP contribution in [0.15, 0.2) is 100 Å². The van der Waals surface area contributed by atoms with Crippen LogP contribution in [0.25, 0.3) is 37.8 Å². The van der Waals surface area contributed by atoms with Gasteiger partial charge in [-0.2, -0.15) is 0 Å². The van der Waals surface area contributed by atoms with Crippen molar-refractivity contribution in [2.75, 3.05) is 0 Å². The van der Waals surface area contributed by atoms with E-state index in [0.29, 0.717) is 9.79 Å². The number of pyridine rings is 1. The molecule has 0 aliphatic carbocycles. The first-order valence-electron chi connectivity index (χ1n) is 10.8. The highest BCUT2D eigenvalue weighted by Crippen LogP contribution is 2.45. The number of para-hydroxylation sites is 2. The van der Waals surface area contributed by atoms with Crippen LogP contribution in [0.2, 0.25) is 0 Å². The van der Waals surface area contributed by atoms with Gasteiger partial charge in [-0.3, -0.25) is 0 Å². The van der Waals surface area contributed by atoms with Gasteiger partial charge >= 0.3 is 0 Å². The summed E-state index contributed by atoms with van der Waals surface area (Å²) in [4.78, 5) is 1.64. The Kier molecular flexibility index (Phi) is 4.47. The minimum atomic E-state index is -3.79. The molecule has 3 nitrogen and oxygen atoms in total. The van der Waals surface area contributed by atoms with Crippen LogP contribution < -0.4 is 0 Å². The lowest BCUT2D eigenvalue weighted by atomic mass is 10.1. The largest absolute Gasteiger partial charge is 0.308 e. The molecule has 3 aromatic heterocycles. The summed E-state index contributed by atoms with van der Waals surface area (Å²) in [6, 6.07) is 27.2. The average Bonchev–Trinajstić information content (AvgIpc) is 3.46. The zero-order valence-electron chi connectivity index (χ0n) is 18.2. The second-order valence-electron chi connectivity index (χ2n) is 8.34. The Hall–Kier alpha value is -3.41. The van der Waals surface area contributed by atoms with Crippen molar-refractivity contribution in [1.82, 2.24) is 4.40 Å². The molecule has 0 aliphatic heterocycles. The molecule has 5 heteroatoms. The lowest BCUT2D eigenvalue weighted by Crippen LogP contribution is -2.07. The Balaban J connectivity index is 1.91. The quantitative estimate of drug-likeness (QED) is 0.272. The van der Waals surface area contributed by atoms with Crippen LogP contribution >= 0.6 is 11.3 Å². The Labute approximate surface area is 196 Å². The molecular formula is C28H21NO2S2. The second kappa shape index (κ2) is 7.30. The highest BCUT2D eigenvalue weighted by atomic mass is 32.2. The van der Waals surface area contributed by atoms with E-state index in [1.165, 1.54) is 0 Å². The smallest absolute Gasteiger partial charge is 0.207 e. The molecule has 0 radical (unpaired) electrons. The van der Waals surface area contributed by atoms with E-state index in [9.17, 15) is 8.42 Å². The van der Waals surface area contributed by atoms with Crippen molar-refractivity contribution >= 4 is 48.5 Å². The summed E-state index contributed by atoms with van der Waals surface area (Å²) in [7, 11) is -3.79. The van der Waals surface area contributed by atoms with E-state index < -0.39 is 9.84 Å². The maximum atomic E-state index is 14.2. The summed E-state index contributed by atoms with van der Waals surface area (Å²) in [5, 5.41) is 3.86. The molecule has 0 N–H and O–H groups in total. The fourth-order valence-corrected chi connectivity index (χ4v) is 7.33. The van der Waals surface area contributed by atoms with Crippen molar-refractivity contribution in [3.05, 3.63) is 101 Å². The van der Waals surface area contributed by atoms with Crippen molar-refractivity contribution in [3.63, 3.8) is 0 Å². The van der Waals surface area contributed by atoms with Gasteiger partial charge < -0.3 is 4.40 Å². The van der Waals surface area contributed by atoms with E-state index in [1.807, 2.05) is 73.0 Å². The van der Waals surface area contributed by atoms with Gasteiger partial charge in [0.2, 0.25) is 9.84 Å². The molecule has 0 saturated heterocycles. The fraction of sp³-hybridized carbons (Fsp3) is 0.0714. The van der Waals surface area contributed by atoms with Crippen LogP contribution in [0.1, 0.15) is 11.1 Å². The lowest BCUT2D eigenvalue weighted by molar-refractivity contribution is 0.597. The first-order valence-corrected chi connectivity index (χ1v) is 13.1. The molecule has 0 unspecified atom stereocenters. The number of rotatable bonds is 3. The van der Waals surface area contributed by atoms with Crippen molar-refractivity contribution in [2.45, 2.75) is 23.6 Å². The topological polar surface area (TPSA) is 38.5 Å². The van der Waals surface area contributed by atoms with E-state index in [0.717, 1.165) is 48.9 Å². The van der Waals surface area contributed by atoms with Gasteiger partial charge in [0.1, 0.15) is 0 Å². The summed E-state index contributed by atoms with van der Waals surface area (Å²) in [6.45, 7) is 4.05. The average molecular weight is 468 g/mol. The van der Waals surface area contributed by atoms with Crippen LogP contribution in [-0.2, 0) is 9.84 Å². The molecule has 0 aliphatic rings. The van der Waals surface area contributed by atoms with Crippen molar-refractivity contribution in [3.8, 4) is 10.4 Å². The third-order valence-corrected chi connectivity index (χ3v) is 9.09. The van der Waals surface area contributed by atoms with Crippen molar-refractivity contribution in [1.29, 1.82) is 0 Å². The molecule has 3 heterocycles. The molecule has 0 fully saturated rings. The molecule has 6 aromatic rings. The van der Waals surface area contributed by atoms with E-state index in [-0.39, 0.29) is 0 Å². The highest BCUT2D eigenvalue weighted by Gasteiger charge is 2.30. The third kappa shape index (κ3) is 2.89. The summed E-state index contributed by atoms with van der Waals surface area (Å²) in [5.41, 5.74) is 5.81. The van der Waals surface area contributed by atoms with Gasteiger partial charge in [-0.15, -0.1) is 11.3 Å². The van der Waals surface area contributed by atoms with Crippen LogP contribution in [0.4, 0.5) is 0 Å². The van der Waals surface area contributed by atoms with Crippen LogP contribution in [0.5, 0.6) is 0 Å². The summed E-state index contributed by atoms with van der Waals surface area (Å²) in [5.74, 6) is 0. The Morgan fingerprint density at radius 2 is 1.36 bits per heavy atom. The standard InChI is InChI=1S/C28H21NO2S2/c1-18-13-15-20(16-14-18)33(30,31)28-22-9-4-6-11-24(22)29-23-10-5-3-8-21(23)19(2)27(29)26(28)25-12-7-17-32-25/h3-17H,1-2H3. The third-order valence-electron chi connectivity index (χ3n) is 6.35. The second-order valence-corrected chi connectivity index (χ2v) is 11.2. The van der Waals surface area contributed by atoms with Crippen LogP contribution in [0.3, 0.4) is 0 Å². The minimum absolute atomic E-state index is 0.314. The summed E-state index contributed by atoms with van der Waals surface area (Å²) >= 11 is 1.57. The van der Waals surface area contributed by atoms with Gasteiger partial charge in [0.15, 0.2) is 0 Å². The highest BCUT2D eigenvalue weighted by molar-refractivity contribution is 7.92. The summed E-state index contributed by atoms with van der Waals surface area (Å²) in [6.07, 6.45) is 0. The Bertz CT molecular complexity index is 1780. The van der Waals surface area contributed by atoms with Gasteiger partial charge in [0.05, 0.1) is 26.3 Å².